The molecule has 0 bridgehead atoms. The van der Waals surface area contributed by atoms with Crippen molar-refractivity contribution in [2.75, 3.05) is 19.6 Å². The van der Waals surface area contributed by atoms with Crippen LogP contribution in [0.2, 0.25) is 0 Å². The highest BCUT2D eigenvalue weighted by Gasteiger charge is 2.50. The molecule has 3 N–H and O–H groups in total. The van der Waals surface area contributed by atoms with Crippen molar-refractivity contribution in [3.05, 3.63) is 0 Å². The van der Waals surface area contributed by atoms with Crippen LogP contribution in [0.4, 0.5) is 0 Å². The van der Waals surface area contributed by atoms with Crippen molar-refractivity contribution < 1.29 is 24.0 Å². The highest BCUT2D eigenvalue weighted by Crippen LogP contribution is 2.30. The van der Waals surface area contributed by atoms with E-state index in [0.29, 0.717) is 19.4 Å². The Morgan fingerprint density at radius 1 is 1.24 bits per heavy atom. The summed E-state index contributed by atoms with van der Waals surface area (Å²) in [5.74, 6) is -1.88. The lowest BCUT2D eigenvalue weighted by Gasteiger charge is -2.24. The number of nitrogens with one attached hydrogen (secondary N) is 1. The SMILES string of the molecule is CC(=O)NCC(=O)N1CC(=O)C2C1CCN2C(=O)CCC(C)C(N)=O. The number of primary amides is 1. The van der Waals surface area contributed by atoms with Gasteiger partial charge in [-0.15, -0.1) is 0 Å². The quantitative estimate of drug-likeness (QED) is 0.595. The number of fused-ring (bicyclic) bond motifs is 1. The van der Waals surface area contributed by atoms with Crippen LogP contribution in [0.25, 0.3) is 0 Å². The minimum absolute atomic E-state index is 0.0464. The van der Waals surface area contributed by atoms with Crippen molar-refractivity contribution in [2.45, 2.75) is 45.2 Å². The second-order valence-electron chi connectivity index (χ2n) is 6.63. The Labute approximate surface area is 145 Å². The van der Waals surface area contributed by atoms with E-state index in [0.717, 1.165) is 0 Å². The molecule has 0 spiro atoms. The van der Waals surface area contributed by atoms with E-state index >= 15 is 0 Å². The van der Waals surface area contributed by atoms with Crippen LogP contribution < -0.4 is 11.1 Å². The first-order valence-corrected chi connectivity index (χ1v) is 8.37. The molecule has 25 heavy (non-hydrogen) atoms. The number of ketones is 1. The molecule has 2 rings (SSSR count). The number of likely N-dealkylation sites (tertiary alicyclic amines) is 2. The Hall–Kier alpha value is -2.45. The summed E-state index contributed by atoms with van der Waals surface area (Å²) in [5, 5.41) is 2.43. The van der Waals surface area contributed by atoms with E-state index in [-0.39, 0.29) is 49.1 Å². The maximum atomic E-state index is 12.4. The van der Waals surface area contributed by atoms with Crippen LogP contribution in [0.3, 0.4) is 0 Å². The van der Waals surface area contributed by atoms with E-state index in [2.05, 4.69) is 5.32 Å². The highest BCUT2D eigenvalue weighted by molar-refractivity contribution is 5.98. The van der Waals surface area contributed by atoms with Gasteiger partial charge in [-0.3, -0.25) is 24.0 Å². The van der Waals surface area contributed by atoms with E-state index in [9.17, 15) is 24.0 Å². The first-order valence-electron chi connectivity index (χ1n) is 8.37. The fourth-order valence-corrected chi connectivity index (χ4v) is 3.35. The summed E-state index contributed by atoms with van der Waals surface area (Å²) in [5.41, 5.74) is 5.19. The van der Waals surface area contributed by atoms with Crippen molar-refractivity contribution in [1.29, 1.82) is 0 Å². The van der Waals surface area contributed by atoms with Gasteiger partial charge in [-0.1, -0.05) is 6.92 Å². The van der Waals surface area contributed by atoms with Gasteiger partial charge in [-0.05, 0) is 12.8 Å². The summed E-state index contributed by atoms with van der Waals surface area (Å²) in [6.45, 7) is 3.17. The molecular weight excluding hydrogens is 328 g/mol. The molecular formula is C16H24N4O5. The fraction of sp³-hybridized carbons (Fsp3) is 0.688. The number of carbonyl (C=O) groups excluding carboxylic acids is 5. The predicted molar refractivity (Wildman–Crippen MR) is 86.9 cm³/mol. The van der Waals surface area contributed by atoms with E-state index in [1.54, 1.807) is 6.92 Å². The van der Waals surface area contributed by atoms with Gasteiger partial charge in [-0.25, -0.2) is 0 Å². The van der Waals surface area contributed by atoms with Crippen LogP contribution in [-0.4, -0.2) is 70.9 Å². The number of carbonyl (C=O) groups is 5. The zero-order valence-corrected chi connectivity index (χ0v) is 14.5. The summed E-state index contributed by atoms with van der Waals surface area (Å²) in [6, 6.07) is -0.969. The van der Waals surface area contributed by atoms with Crippen molar-refractivity contribution in [1.82, 2.24) is 15.1 Å². The topological polar surface area (TPSA) is 130 Å². The maximum absolute atomic E-state index is 12.4. The van der Waals surface area contributed by atoms with Gasteiger partial charge in [0.05, 0.1) is 19.1 Å². The average Bonchev–Trinajstić information content (AvgIpc) is 3.11. The maximum Gasteiger partial charge on any atom is 0.242 e. The van der Waals surface area contributed by atoms with Gasteiger partial charge in [0.2, 0.25) is 23.6 Å². The number of amides is 4. The molecule has 4 amide bonds. The largest absolute Gasteiger partial charge is 0.369 e. The molecule has 0 aromatic heterocycles. The number of Topliss-reactive ketones (excluding diaryl/α,β-unsaturated/α-hetero) is 1. The van der Waals surface area contributed by atoms with Crippen molar-refractivity contribution >= 4 is 29.4 Å². The first kappa shape index (κ1) is 18.9. The smallest absolute Gasteiger partial charge is 0.242 e. The molecule has 2 aliphatic rings. The third-order valence-corrected chi connectivity index (χ3v) is 4.83. The van der Waals surface area contributed by atoms with Gasteiger partial charge >= 0.3 is 0 Å². The third-order valence-electron chi connectivity index (χ3n) is 4.83. The minimum atomic E-state index is -0.627. The van der Waals surface area contributed by atoms with Gasteiger partial charge in [0.25, 0.3) is 0 Å². The van der Waals surface area contributed by atoms with E-state index in [4.69, 9.17) is 5.73 Å². The molecule has 3 atom stereocenters. The molecule has 0 radical (unpaired) electrons. The predicted octanol–water partition coefficient (Wildman–Crippen LogP) is -1.60. The molecule has 0 aliphatic carbocycles. The molecule has 9 heteroatoms. The standard InChI is InChI=1S/C16H24N4O5/c1-9(16(17)25)3-4-13(23)19-6-5-11-15(19)12(22)8-20(11)14(24)7-18-10(2)21/h9,11,15H,3-8H2,1-2H3,(H2,17,25)(H,18,21). The third kappa shape index (κ3) is 4.15. The van der Waals surface area contributed by atoms with Crippen LogP contribution in [0.1, 0.15) is 33.1 Å². The lowest BCUT2D eigenvalue weighted by atomic mass is 10.0. The molecule has 2 saturated heterocycles. The Balaban J connectivity index is 1.97. The summed E-state index contributed by atoms with van der Waals surface area (Å²) in [4.78, 5) is 61.9. The zero-order chi connectivity index (χ0) is 18.7. The highest BCUT2D eigenvalue weighted by atomic mass is 16.2. The van der Waals surface area contributed by atoms with Crippen LogP contribution in [0, 0.1) is 5.92 Å². The van der Waals surface area contributed by atoms with Crippen LogP contribution >= 0.6 is 0 Å². The first-order chi connectivity index (χ1) is 11.7. The summed E-state index contributed by atoms with van der Waals surface area (Å²) >= 11 is 0. The molecule has 0 saturated carbocycles. The van der Waals surface area contributed by atoms with Gasteiger partial charge in [0.1, 0.15) is 6.04 Å². The zero-order valence-electron chi connectivity index (χ0n) is 14.5. The molecule has 0 aromatic rings. The number of rotatable bonds is 6. The molecule has 2 heterocycles. The lowest BCUT2D eigenvalue weighted by Crippen LogP contribution is -2.45. The Morgan fingerprint density at radius 2 is 1.92 bits per heavy atom. The minimum Gasteiger partial charge on any atom is -0.369 e. The fourth-order valence-electron chi connectivity index (χ4n) is 3.35. The Kier molecular flexibility index (Phi) is 5.76. The number of nitrogens with two attached hydrogens (primary N) is 1. The molecule has 0 aromatic carbocycles. The Bertz CT molecular complexity index is 605. The lowest BCUT2D eigenvalue weighted by molar-refractivity contribution is -0.136. The number of nitrogens with zero attached hydrogens (tertiary/aromatic N) is 2. The van der Waals surface area contributed by atoms with Crippen molar-refractivity contribution in [3.8, 4) is 0 Å². The van der Waals surface area contributed by atoms with Gasteiger partial charge < -0.3 is 20.9 Å². The number of hydrogen-bond donors (Lipinski definition) is 2. The van der Waals surface area contributed by atoms with E-state index in [1.165, 1.54) is 16.7 Å². The second kappa shape index (κ2) is 7.62. The average molecular weight is 352 g/mol. The second-order valence-corrected chi connectivity index (χ2v) is 6.63. The normalized spacial score (nSPS) is 23.4. The molecule has 2 fully saturated rings. The van der Waals surface area contributed by atoms with Gasteiger partial charge in [0, 0.05) is 25.8 Å². The summed E-state index contributed by atoms with van der Waals surface area (Å²) < 4.78 is 0. The molecule has 138 valence electrons. The van der Waals surface area contributed by atoms with Crippen LogP contribution in [-0.2, 0) is 24.0 Å². The monoisotopic (exact) mass is 352 g/mol. The summed E-state index contributed by atoms with van der Waals surface area (Å²) in [7, 11) is 0. The Morgan fingerprint density at radius 3 is 2.52 bits per heavy atom. The van der Waals surface area contributed by atoms with Gasteiger partial charge in [0.15, 0.2) is 5.78 Å². The van der Waals surface area contributed by atoms with Crippen LogP contribution in [0.5, 0.6) is 0 Å². The van der Waals surface area contributed by atoms with Crippen molar-refractivity contribution in [3.63, 3.8) is 0 Å². The van der Waals surface area contributed by atoms with Gasteiger partial charge in [-0.2, -0.15) is 0 Å². The van der Waals surface area contributed by atoms with Crippen LogP contribution in [0.15, 0.2) is 0 Å². The number of hydrogen-bond acceptors (Lipinski definition) is 5. The van der Waals surface area contributed by atoms with Crippen molar-refractivity contribution in [2.24, 2.45) is 11.7 Å². The molecule has 3 unspecified atom stereocenters. The molecule has 9 nitrogen and oxygen atoms in total. The molecule has 2 aliphatic heterocycles. The van der Waals surface area contributed by atoms with E-state index in [1.807, 2.05) is 0 Å². The summed E-state index contributed by atoms with van der Waals surface area (Å²) in [6.07, 6.45) is 1.00. The van der Waals surface area contributed by atoms with E-state index < -0.39 is 17.9 Å².